The number of anilines is 1. The first kappa shape index (κ1) is 11.0. The molecule has 0 atom stereocenters. The minimum Gasteiger partial charge on any atom is -0.355 e. The molecule has 0 aromatic carbocycles. The number of hydrogen-bond donors (Lipinski definition) is 0. The lowest BCUT2D eigenvalue weighted by Crippen LogP contribution is -2.24. The molecule has 0 unspecified atom stereocenters. The topological polar surface area (TPSA) is 29.0 Å². The molecule has 0 N–H and O–H groups in total. The number of hydrogen-bond acceptors (Lipinski definition) is 3. The van der Waals surface area contributed by atoms with E-state index in [-0.39, 0.29) is 0 Å². The molecule has 3 nitrogen and oxygen atoms in total. The van der Waals surface area contributed by atoms with Gasteiger partial charge in [0.1, 0.15) is 8.85 Å². The predicted molar refractivity (Wildman–Crippen MR) is 63.3 cm³/mol. The lowest BCUT2D eigenvalue weighted by Gasteiger charge is -2.20. The van der Waals surface area contributed by atoms with E-state index in [0.717, 1.165) is 22.6 Å². The third-order valence-electron chi connectivity index (χ3n) is 1.74. The lowest BCUT2D eigenvalue weighted by molar-refractivity contribution is 0.835. The quantitative estimate of drug-likeness (QED) is 0.804. The summed E-state index contributed by atoms with van der Waals surface area (Å²) in [6.07, 6.45) is 1.57. The highest BCUT2D eigenvalue weighted by atomic mass is 127. The van der Waals surface area contributed by atoms with Crippen LogP contribution in [0.25, 0.3) is 0 Å². The molecule has 13 heavy (non-hydrogen) atoms. The van der Waals surface area contributed by atoms with E-state index in [4.69, 9.17) is 11.6 Å². The second-order valence-electron chi connectivity index (χ2n) is 2.48. The molecule has 5 heteroatoms. The molecule has 72 valence electrons. The molecule has 1 aromatic heterocycles. The molecule has 0 radical (unpaired) electrons. The molecule has 1 rings (SSSR count). The normalized spacial score (nSPS) is 10.2. The first-order valence-electron chi connectivity index (χ1n) is 4.12. The van der Waals surface area contributed by atoms with Crippen molar-refractivity contribution in [1.29, 1.82) is 0 Å². The van der Waals surface area contributed by atoms with Gasteiger partial charge in [-0.2, -0.15) is 0 Å². The second-order valence-corrected chi connectivity index (χ2v) is 3.89. The maximum absolute atomic E-state index is 5.77. The van der Waals surface area contributed by atoms with Crippen molar-refractivity contribution in [2.24, 2.45) is 0 Å². The monoisotopic (exact) mass is 311 g/mol. The van der Waals surface area contributed by atoms with E-state index in [1.807, 2.05) is 0 Å². The van der Waals surface area contributed by atoms with Crippen LogP contribution in [0.5, 0.6) is 0 Å². The molecular weight excluding hydrogens is 300 g/mol. The molecule has 0 aliphatic carbocycles. The molecule has 0 saturated heterocycles. The minimum atomic E-state index is 0.447. The Balaban J connectivity index is 3.03. The predicted octanol–water partition coefficient (Wildman–Crippen LogP) is 2.58. The zero-order valence-electron chi connectivity index (χ0n) is 7.59. The first-order chi connectivity index (χ1) is 6.19. The van der Waals surface area contributed by atoms with Crippen molar-refractivity contribution >= 4 is 40.0 Å². The van der Waals surface area contributed by atoms with Crippen LogP contribution in [0.1, 0.15) is 13.8 Å². The summed E-state index contributed by atoms with van der Waals surface area (Å²) in [7, 11) is 0. The Morgan fingerprint density at radius 3 is 2.62 bits per heavy atom. The molecular formula is C8H11ClIN3. The summed E-state index contributed by atoms with van der Waals surface area (Å²) in [5.74, 6) is 0.873. The molecule has 0 saturated carbocycles. The standard InChI is InChI=1S/C8H11ClIN3/c1-3-13(4-2)8-7(10)11-5-6(9)12-8/h5H,3-4H2,1-2H3. The maximum atomic E-state index is 5.77. The van der Waals surface area contributed by atoms with Gasteiger partial charge in [0.25, 0.3) is 0 Å². The van der Waals surface area contributed by atoms with Crippen LogP contribution in [0.2, 0.25) is 5.15 Å². The molecule has 1 aromatic rings. The fraction of sp³-hybridized carbons (Fsp3) is 0.500. The van der Waals surface area contributed by atoms with Crippen molar-refractivity contribution in [2.75, 3.05) is 18.0 Å². The van der Waals surface area contributed by atoms with Crippen molar-refractivity contribution in [3.63, 3.8) is 0 Å². The van der Waals surface area contributed by atoms with Crippen LogP contribution in [-0.4, -0.2) is 23.1 Å². The van der Waals surface area contributed by atoms with E-state index in [1.54, 1.807) is 6.20 Å². The molecule has 1 heterocycles. The Morgan fingerprint density at radius 1 is 1.46 bits per heavy atom. The summed E-state index contributed by atoms with van der Waals surface area (Å²) < 4.78 is 0.894. The van der Waals surface area contributed by atoms with Gasteiger partial charge in [-0.1, -0.05) is 11.6 Å². The summed E-state index contributed by atoms with van der Waals surface area (Å²) in [5, 5.41) is 0.447. The highest BCUT2D eigenvalue weighted by Crippen LogP contribution is 2.19. The summed E-state index contributed by atoms with van der Waals surface area (Å²) in [6, 6.07) is 0. The minimum absolute atomic E-state index is 0.447. The van der Waals surface area contributed by atoms with Crippen molar-refractivity contribution in [1.82, 2.24) is 9.97 Å². The Kier molecular flexibility index (Phi) is 4.18. The SMILES string of the molecule is CCN(CC)c1nc(Cl)cnc1I. The van der Waals surface area contributed by atoms with Crippen molar-refractivity contribution in [3.8, 4) is 0 Å². The van der Waals surface area contributed by atoms with Gasteiger partial charge in [-0.3, -0.25) is 0 Å². The van der Waals surface area contributed by atoms with E-state index >= 15 is 0 Å². The Bertz CT molecular complexity index is 289. The molecule has 0 spiro atoms. The van der Waals surface area contributed by atoms with E-state index in [0.29, 0.717) is 5.15 Å². The van der Waals surface area contributed by atoms with E-state index in [1.165, 1.54) is 0 Å². The van der Waals surface area contributed by atoms with E-state index in [2.05, 4.69) is 51.3 Å². The fourth-order valence-corrected chi connectivity index (χ4v) is 1.80. The van der Waals surface area contributed by atoms with Crippen molar-refractivity contribution in [2.45, 2.75) is 13.8 Å². The van der Waals surface area contributed by atoms with Crippen LogP contribution in [0.4, 0.5) is 5.82 Å². The zero-order valence-corrected chi connectivity index (χ0v) is 10.5. The average Bonchev–Trinajstić information content (AvgIpc) is 2.13. The average molecular weight is 312 g/mol. The van der Waals surface area contributed by atoms with Gasteiger partial charge in [0.2, 0.25) is 0 Å². The fourth-order valence-electron chi connectivity index (χ4n) is 1.07. The van der Waals surface area contributed by atoms with Crippen LogP contribution in [0, 0.1) is 3.70 Å². The van der Waals surface area contributed by atoms with Crippen LogP contribution in [-0.2, 0) is 0 Å². The zero-order chi connectivity index (χ0) is 9.84. The number of nitrogens with zero attached hydrogens (tertiary/aromatic N) is 3. The van der Waals surface area contributed by atoms with Crippen LogP contribution in [0.15, 0.2) is 6.20 Å². The maximum Gasteiger partial charge on any atom is 0.162 e. The summed E-state index contributed by atoms with van der Waals surface area (Å²) in [5.41, 5.74) is 0. The summed E-state index contributed by atoms with van der Waals surface area (Å²) in [6.45, 7) is 6.01. The van der Waals surface area contributed by atoms with Gasteiger partial charge >= 0.3 is 0 Å². The van der Waals surface area contributed by atoms with Gasteiger partial charge < -0.3 is 4.90 Å². The number of aromatic nitrogens is 2. The number of halogens is 2. The third kappa shape index (κ3) is 2.67. The largest absolute Gasteiger partial charge is 0.355 e. The van der Waals surface area contributed by atoms with Gasteiger partial charge in [-0.25, -0.2) is 9.97 Å². The Labute approximate surface area is 96.7 Å². The van der Waals surface area contributed by atoms with Crippen LogP contribution in [0.3, 0.4) is 0 Å². The van der Waals surface area contributed by atoms with Gasteiger partial charge in [0.15, 0.2) is 5.82 Å². The molecule has 0 amide bonds. The van der Waals surface area contributed by atoms with Crippen molar-refractivity contribution in [3.05, 3.63) is 15.1 Å². The summed E-state index contributed by atoms with van der Waals surface area (Å²) in [4.78, 5) is 10.5. The van der Waals surface area contributed by atoms with Crippen LogP contribution < -0.4 is 4.90 Å². The molecule has 0 aliphatic heterocycles. The summed E-state index contributed by atoms with van der Waals surface area (Å²) >= 11 is 7.94. The molecule has 0 aliphatic rings. The van der Waals surface area contributed by atoms with Gasteiger partial charge in [-0.05, 0) is 36.4 Å². The molecule has 0 fully saturated rings. The van der Waals surface area contributed by atoms with Crippen molar-refractivity contribution < 1.29 is 0 Å². The highest BCUT2D eigenvalue weighted by molar-refractivity contribution is 14.1. The van der Waals surface area contributed by atoms with E-state index < -0.39 is 0 Å². The second kappa shape index (κ2) is 4.95. The van der Waals surface area contributed by atoms with Gasteiger partial charge in [-0.15, -0.1) is 0 Å². The molecule has 0 bridgehead atoms. The third-order valence-corrected chi connectivity index (χ3v) is 2.69. The Hall–Kier alpha value is -0.100. The van der Waals surface area contributed by atoms with Crippen LogP contribution >= 0.6 is 34.2 Å². The Morgan fingerprint density at radius 2 is 2.08 bits per heavy atom. The number of rotatable bonds is 3. The van der Waals surface area contributed by atoms with Gasteiger partial charge in [0, 0.05) is 13.1 Å². The first-order valence-corrected chi connectivity index (χ1v) is 5.57. The van der Waals surface area contributed by atoms with E-state index in [9.17, 15) is 0 Å². The van der Waals surface area contributed by atoms with Gasteiger partial charge in [0.05, 0.1) is 6.20 Å². The smallest absolute Gasteiger partial charge is 0.162 e. The highest BCUT2D eigenvalue weighted by Gasteiger charge is 2.09. The lowest BCUT2D eigenvalue weighted by atomic mass is 10.5.